The lowest BCUT2D eigenvalue weighted by atomic mass is 10.4. The minimum Gasteiger partial charge on any atom is -0.410 e. The Morgan fingerprint density at radius 2 is 2.43 bits per heavy atom. The fourth-order valence-electron chi connectivity index (χ4n) is 1.03. The summed E-state index contributed by atoms with van der Waals surface area (Å²) in [6.07, 6.45) is 0. The van der Waals surface area contributed by atoms with Crippen molar-refractivity contribution in [1.82, 2.24) is 9.78 Å². The summed E-state index contributed by atoms with van der Waals surface area (Å²) in [5.74, 6) is 6.91. The van der Waals surface area contributed by atoms with Crippen LogP contribution in [-0.2, 0) is 6.54 Å². The van der Waals surface area contributed by atoms with Gasteiger partial charge in [-0.2, -0.15) is 5.26 Å². The highest BCUT2D eigenvalue weighted by Crippen LogP contribution is 1.92. The third-order valence-corrected chi connectivity index (χ3v) is 1.89. The van der Waals surface area contributed by atoms with Gasteiger partial charge in [0.25, 0.3) is 11.6 Å². The van der Waals surface area contributed by atoms with E-state index < -0.39 is 0 Å². The lowest BCUT2D eigenvalue weighted by Gasteiger charge is -1.91. The highest BCUT2D eigenvalue weighted by atomic mass is 16.4. The minimum absolute atomic E-state index is 0.0174. The van der Waals surface area contributed by atoms with Gasteiger partial charge in [-0.15, -0.1) is 9.36 Å². The fraction of sp³-hybridized carbons (Fsp3) is 0.429. The van der Waals surface area contributed by atoms with E-state index in [1.807, 2.05) is 0 Å². The molecule has 7 nitrogen and oxygen atoms in total. The van der Waals surface area contributed by atoms with Gasteiger partial charge in [0.2, 0.25) is 0 Å². The molecule has 0 amide bonds. The Hall–Kier alpha value is -2.10. The SMILES string of the molecule is Cc1nn(C/C(C#N)=N/O)c(C)[n+]1N. The maximum absolute atomic E-state index is 8.53. The topological polar surface area (TPSA) is 104 Å². The number of nitriles is 1. The average molecular weight is 195 g/mol. The lowest BCUT2D eigenvalue weighted by molar-refractivity contribution is -0.652. The number of nitrogens with zero attached hydrogens (tertiary/aromatic N) is 5. The molecule has 1 heterocycles. The van der Waals surface area contributed by atoms with Crippen molar-refractivity contribution in [1.29, 1.82) is 5.26 Å². The highest BCUT2D eigenvalue weighted by Gasteiger charge is 2.18. The Morgan fingerprint density at radius 3 is 2.79 bits per heavy atom. The van der Waals surface area contributed by atoms with E-state index in [1.165, 1.54) is 9.36 Å². The Bertz CT molecular complexity index is 413. The van der Waals surface area contributed by atoms with Crippen LogP contribution >= 0.6 is 0 Å². The van der Waals surface area contributed by atoms with Crippen LogP contribution in [0.2, 0.25) is 0 Å². The van der Waals surface area contributed by atoms with Gasteiger partial charge in [-0.05, 0) is 0 Å². The third-order valence-electron chi connectivity index (χ3n) is 1.89. The van der Waals surface area contributed by atoms with Gasteiger partial charge in [0, 0.05) is 18.9 Å². The minimum atomic E-state index is -0.0174. The van der Waals surface area contributed by atoms with Crippen molar-refractivity contribution in [2.45, 2.75) is 20.4 Å². The first-order chi connectivity index (χ1) is 6.60. The predicted molar refractivity (Wildman–Crippen MR) is 46.9 cm³/mol. The molecule has 0 bridgehead atoms. The van der Waals surface area contributed by atoms with Crippen molar-refractivity contribution >= 4 is 5.71 Å². The van der Waals surface area contributed by atoms with Gasteiger partial charge < -0.3 is 5.21 Å². The van der Waals surface area contributed by atoms with E-state index >= 15 is 0 Å². The monoisotopic (exact) mass is 195 g/mol. The summed E-state index contributed by atoms with van der Waals surface area (Å²) in [5, 5.41) is 23.9. The number of aryl methyl sites for hydroxylation is 1. The molecule has 0 aliphatic heterocycles. The third kappa shape index (κ3) is 1.64. The van der Waals surface area contributed by atoms with Crippen molar-refractivity contribution in [2.75, 3.05) is 5.84 Å². The van der Waals surface area contributed by atoms with Gasteiger partial charge >= 0.3 is 0 Å². The number of hydrogen-bond acceptors (Lipinski definition) is 5. The van der Waals surface area contributed by atoms with Crippen LogP contribution in [0, 0.1) is 25.2 Å². The molecule has 0 spiro atoms. The Kier molecular flexibility index (Phi) is 2.67. The quantitative estimate of drug-likeness (QED) is 0.204. The molecule has 14 heavy (non-hydrogen) atoms. The van der Waals surface area contributed by atoms with Crippen LogP contribution in [-0.4, -0.2) is 20.7 Å². The molecular formula is C7H11N6O+. The van der Waals surface area contributed by atoms with Crippen LogP contribution in [0.15, 0.2) is 5.16 Å². The molecule has 1 rings (SSSR count). The Labute approximate surface area is 80.6 Å². The Morgan fingerprint density at radius 1 is 1.79 bits per heavy atom. The molecule has 1 aromatic heterocycles. The van der Waals surface area contributed by atoms with Gasteiger partial charge in [0.05, 0.1) is 0 Å². The van der Waals surface area contributed by atoms with Crippen LogP contribution in [0.5, 0.6) is 0 Å². The normalized spacial score (nSPS) is 11.4. The maximum Gasteiger partial charge on any atom is 0.295 e. The lowest BCUT2D eigenvalue weighted by Crippen LogP contribution is -2.48. The first-order valence-corrected chi connectivity index (χ1v) is 3.92. The van der Waals surface area contributed by atoms with Crippen LogP contribution in [0.1, 0.15) is 11.6 Å². The smallest absolute Gasteiger partial charge is 0.295 e. The molecular weight excluding hydrogens is 184 g/mol. The number of aromatic nitrogens is 3. The zero-order chi connectivity index (χ0) is 10.7. The molecule has 74 valence electrons. The Balaban J connectivity index is 3.00. The van der Waals surface area contributed by atoms with E-state index in [1.54, 1.807) is 19.9 Å². The maximum atomic E-state index is 8.53. The van der Waals surface area contributed by atoms with Gasteiger partial charge in [0.1, 0.15) is 6.07 Å². The molecule has 0 aliphatic carbocycles. The number of oxime groups is 1. The molecule has 0 atom stereocenters. The molecule has 0 aliphatic rings. The number of nitrogens with two attached hydrogens (primary N) is 1. The van der Waals surface area contributed by atoms with Gasteiger partial charge in [-0.3, -0.25) is 5.84 Å². The molecule has 0 aromatic carbocycles. The van der Waals surface area contributed by atoms with E-state index in [0.29, 0.717) is 11.6 Å². The summed E-state index contributed by atoms with van der Waals surface area (Å²) in [6.45, 7) is 3.61. The molecule has 3 N–H and O–H groups in total. The van der Waals surface area contributed by atoms with E-state index in [4.69, 9.17) is 16.3 Å². The molecule has 0 fully saturated rings. The summed E-state index contributed by atoms with van der Waals surface area (Å²) in [7, 11) is 0. The standard InChI is InChI=1S/C7H10N6O/c1-5-10-12(6(2)13(5)9)4-7(3-8)11-14/h4,9H2,1-2H3/p+1/b11-7+. The number of hydrogen-bond donors (Lipinski definition) is 2. The van der Waals surface area contributed by atoms with Gasteiger partial charge in [0.15, 0.2) is 12.3 Å². The fourth-order valence-corrected chi connectivity index (χ4v) is 1.03. The van der Waals surface area contributed by atoms with E-state index in [-0.39, 0.29) is 12.3 Å². The first-order valence-electron chi connectivity index (χ1n) is 3.92. The van der Waals surface area contributed by atoms with Crippen LogP contribution < -0.4 is 10.5 Å². The van der Waals surface area contributed by atoms with Crippen molar-refractivity contribution in [3.63, 3.8) is 0 Å². The summed E-state index contributed by atoms with van der Waals surface area (Å²) in [4.78, 5) is 0. The van der Waals surface area contributed by atoms with E-state index in [2.05, 4.69) is 10.3 Å². The van der Waals surface area contributed by atoms with Crippen LogP contribution in [0.25, 0.3) is 0 Å². The van der Waals surface area contributed by atoms with Crippen molar-refractivity contribution in [3.8, 4) is 6.07 Å². The molecule has 1 aromatic rings. The second-order valence-corrected chi connectivity index (χ2v) is 2.78. The second kappa shape index (κ2) is 3.74. The van der Waals surface area contributed by atoms with Crippen molar-refractivity contribution < 1.29 is 9.88 Å². The van der Waals surface area contributed by atoms with Gasteiger partial charge in [-0.1, -0.05) is 5.16 Å². The highest BCUT2D eigenvalue weighted by molar-refractivity contribution is 5.97. The van der Waals surface area contributed by atoms with E-state index in [0.717, 1.165) is 0 Å². The zero-order valence-electron chi connectivity index (χ0n) is 7.97. The molecule has 0 radical (unpaired) electrons. The summed E-state index contributed by atoms with van der Waals surface area (Å²) in [5.41, 5.74) is -0.0174. The van der Waals surface area contributed by atoms with Crippen molar-refractivity contribution in [2.24, 2.45) is 5.16 Å². The summed E-state index contributed by atoms with van der Waals surface area (Å²) < 4.78 is 2.89. The predicted octanol–water partition coefficient (Wildman–Crippen LogP) is -1.14. The van der Waals surface area contributed by atoms with Crippen LogP contribution in [0.4, 0.5) is 0 Å². The first kappa shape index (κ1) is 9.98. The van der Waals surface area contributed by atoms with Crippen LogP contribution in [0.3, 0.4) is 0 Å². The zero-order valence-corrected chi connectivity index (χ0v) is 7.97. The number of rotatable bonds is 2. The van der Waals surface area contributed by atoms with Crippen molar-refractivity contribution in [3.05, 3.63) is 11.6 Å². The molecule has 0 saturated carbocycles. The van der Waals surface area contributed by atoms with Gasteiger partial charge in [-0.25, -0.2) is 0 Å². The second-order valence-electron chi connectivity index (χ2n) is 2.78. The average Bonchev–Trinajstić information content (AvgIpc) is 2.42. The number of nitrogen functional groups attached to an aromatic ring is 1. The summed E-state index contributed by atoms with van der Waals surface area (Å²) in [6, 6.07) is 1.75. The molecule has 0 saturated heterocycles. The summed E-state index contributed by atoms with van der Waals surface area (Å²) >= 11 is 0. The molecule has 7 heteroatoms. The largest absolute Gasteiger partial charge is 0.410 e. The molecule has 0 unspecified atom stereocenters. The van der Waals surface area contributed by atoms with E-state index in [9.17, 15) is 0 Å².